The Kier molecular flexibility index (Phi) is 5.46. The maximum atomic E-state index is 13.0. The summed E-state index contributed by atoms with van der Waals surface area (Å²) in [5.41, 5.74) is -0.335. The number of alkyl halides is 3. The van der Waals surface area contributed by atoms with Gasteiger partial charge in [-0.25, -0.2) is 0 Å². The summed E-state index contributed by atoms with van der Waals surface area (Å²) in [4.78, 5) is 22.4. The van der Waals surface area contributed by atoms with E-state index in [0.29, 0.717) is 0 Å². The first-order valence-corrected chi connectivity index (χ1v) is 7.32. The lowest BCUT2D eigenvalue weighted by Crippen LogP contribution is -2.11. The molecule has 0 atom stereocenters. The summed E-state index contributed by atoms with van der Waals surface area (Å²) >= 11 is 0. The summed E-state index contributed by atoms with van der Waals surface area (Å²) < 4.78 is 44.3. The van der Waals surface area contributed by atoms with Crippen molar-refractivity contribution in [3.8, 4) is 5.75 Å². The van der Waals surface area contributed by atoms with Crippen LogP contribution in [0.5, 0.6) is 5.75 Å². The highest BCUT2D eigenvalue weighted by molar-refractivity contribution is 5.96. The number of carbonyl (C=O) groups excluding carboxylic acids is 1. The Bertz CT molecular complexity index is 797. The van der Waals surface area contributed by atoms with Crippen LogP contribution in [0.4, 0.5) is 13.2 Å². The summed E-state index contributed by atoms with van der Waals surface area (Å²) in [7, 11) is 0. The van der Waals surface area contributed by atoms with Crippen molar-refractivity contribution >= 4 is 11.8 Å². The highest BCUT2D eigenvalue weighted by Gasteiger charge is 2.33. The number of halogens is 3. The van der Waals surface area contributed by atoms with Crippen LogP contribution in [0.25, 0.3) is 0 Å². The van der Waals surface area contributed by atoms with Crippen molar-refractivity contribution in [1.29, 1.82) is 0 Å². The number of carboxylic acids is 1. The van der Waals surface area contributed by atoms with E-state index in [0.717, 1.165) is 6.07 Å². The third kappa shape index (κ3) is 4.82. The van der Waals surface area contributed by atoms with E-state index in [4.69, 9.17) is 9.84 Å². The summed E-state index contributed by atoms with van der Waals surface area (Å²) in [6.07, 6.45) is -4.88. The van der Waals surface area contributed by atoms with Gasteiger partial charge in [0, 0.05) is 11.1 Å². The second-order valence-electron chi connectivity index (χ2n) is 5.39. The number of rotatable bonds is 6. The maximum absolute atomic E-state index is 13.0. The summed E-state index contributed by atoms with van der Waals surface area (Å²) in [6.45, 7) is 0.975. The number of carboxylic acid groups (broad SMARTS) is 1. The molecule has 0 saturated carbocycles. The van der Waals surface area contributed by atoms with E-state index in [9.17, 15) is 22.8 Å². The van der Waals surface area contributed by atoms with Crippen LogP contribution in [0.1, 0.15) is 34.0 Å². The van der Waals surface area contributed by atoms with Gasteiger partial charge in [0.05, 0.1) is 12.0 Å². The van der Waals surface area contributed by atoms with Crippen molar-refractivity contribution in [3.63, 3.8) is 0 Å². The van der Waals surface area contributed by atoms with Gasteiger partial charge >= 0.3 is 12.1 Å². The molecular weight excluding hydrogens is 337 g/mol. The molecule has 2 aromatic carbocycles. The Labute approximate surface area is 141 Å². The van der Waals surface area contributed by atoms with Gasteiger partial charge in [-0.2, -0.15) is 13.2 Å². The molecule has 0 aliphatic carbocycles. The van der Waals surface area contributed by atoms with E-state index in [2.05, 4.69) is 0 Å². The summed E-state index contributed by atoms with van der Waals surface area (Å²) in [5, 5.41) is 8.92. The zero-order chi connectivity index (χ0) is 18.6. The molecule has 0 spiro atoms. The molecule has 0 unspecified atom stereocenters. The molecule has 2 aromatic rings. The van der Waals surface area contributed by atoms with Crippen LogP contribution >= 0.6 is 0 Å². The highest BCUT2D eigenvalue weighted by atomic mass is 19.4. The van der Waals surface area contributed by atoms with Crippen molar-refractivity contribution in [2.24, 2.45) is 0 Å². The largest absolute Gasteiger partial charge is 0.489 e. The van der Waals surface area contributed by atoms with Crippen molar-refractivity contribution in [1.82, 2.24) is 0 Å². The van der Waals surface area contributed by atoms with Crippen LogP contribution in [0.15, 0.2) is 42.5 Å². The molecule has 7 heteroatoms. The minimum absolute atomic E-state index is 0.0366. The molecule has 0 aromatic heterocycles. The number of hydrogen-bond acceptors (Lipinski definition) is 3. The fraction of sp³-hybridized carbons (Fsp3) is 0.222. The fourth-order valence-electron chi connectivity index (χ4n) is 2.40. The molecule has 0 fully saturated rings. The second-order valence-corrected chi connectivity index (χ2v) is 5.39. The Hall–Kier alpha value is -2.83. The Balaban J connectivity index is 2.25. The first kappa shape index (κ1) is 18.5. The van der Waals surface area contributed by atoms with Crippen molar-refractivity contribution in [3.05, 3.63) is 64.7 Å². The third-order valence-corrected chi connectivity index (χ3v) is 3.51. The van der Waals surface area contributed by atoms with Crippen molar-refractivity contribution in [2.75, 3.05) is 0 Å². The van der Waals surface area contributed by atoms with E-state index in [1.54, 1.807) is 0 Å². The minimum atomic E-state index is -4.49. The van der Waals surface area contributed by atoms with E-state index >= 15 is 0 Å². The lowest BCUT2D eigenvalue weighted by molar-refractivity contribution is -0.138. The first-order valence-electron chi connectivity index (χ1n) is 7.32. The zero-order valence-corrected chi connectivity index (χ0v) is 13.3. The van der Waals surface area contributed by atoms with Gasteiger partial charge in [-0.05, 0) is 36.8 Å². The Morgan fingerprint density at radius 2 is 1.76 bits per heavy atom. The number of Topliss-reactive ketones (excluding diaryl/α,β-unsaturated/α-hetero) is 1. The molecule has 0 aliphatic heterocycles. The number of hydrogen-bond donors (Lipinski definition) is 1. The molecule has 25 heavy (non-hydrogen) atoms. The van der Waals surface area contributed by atoms with E-state index in [1.165, 1.54) is 43.3 Å². The Morgan fingerprint density at radius 3 is 2.36 bits per heavy atom. The quantitative estimate of drug-likeness (QED) is 0.795. The van der Waals surface area contributed by atoms with Crippen LogP contribution in [-0.4, -0.2) is 16.9 Å². The van der Waals surface area contributed by atoms with Gasteiger partial charge in [0.1, 0.15) is 12.4 Å². The van der Waals surface area contributed by atoms with Crippen LogP contribution in [0.2, 0.25) is 0 Å². The monoisotopic (exact) mass is 352 g/mol. The lowest BCUT2D eigenvalue weighted by atomic mass is 10.0. The van der Waals surface area contributed by atoms with Gasteiger partial charge in [-0.1, -0.05) is 18.2 Å². The summed E-state index contributed by atoms with van der Waals surface area (Å²) in [6, 6.07) is 9.24. The first-order chi connectivity index (χ1) is 11.7. The van der Waals surface area contributed by atoms with Crippen molar-refractivity contribution < 1.29 is 32.6 Å². The molecule has 0 radical (unpaired) electrons. The standard InChI is InChI=1S/C18H15F3O4/c1-11(22)15-7-6-14(8-13(15)9-17(23)24)25-10-12-4-2-3-5-16(12)18(19,20)21/h2-8H,9-10H2,1H3,(H,23,24). The number of ketones is 1. The molecule has 0 heterocycles. The fourth-order valence-corrected chi connectivity index (χ4v) is 2.40. The molecule has 0 amide bonds. The number of aliphatic carboxylic acids is 1. The van der Waals surface area contributed by atoms with Crippen LogP contribution in [0.3, 0.4) is 0 Å². The van der Waals surface area contributed by atoms with Gasteiger partial charge in [0.2, 0.25) is 0 Å². The topological polar surface area (TPSA) is 63.6 Å². The smallest absolute Gasteiger partial charge is 0.416 e. The number of benzene rings is 2. The average molecular weight is 352 g/mol. The van der Waals surface area contributed by atoms with Crippen molar-refractivity contribution in [2.45, 2.75) is 26.1 Å². The average Bonchev–Trinajstić information content (AvgIpc) is 2.51. The van der Waals surface area contributed by atoms with Gasteiger partial charge in [-0.3, -0.25) is 9.59 Å². The molecular formula is C18H15F3O4. The normalized spacial score (nSPS) is 11.2. The molecule has 0 bridgehead atoms. The van der Waals surface area contributed by atoms with Gasteiger partial charge in [-0.15, -0.1) is 0 Å². The minimum Gasteiger partial charge on any atom is -0.489 e. The predicted molar refractivity (Wildman–Crippen MR) is 83.6 cm³/mol. The SMILES string of the molecule is CC(=O)c1ccc(OCc2ccccc2C(F)(F)F)cc1CC(=O)O. The molecule has 4 nitrogen and oxygen atoms in total. The highest BCUT2D eigenvalue weighted by Crippen LogP contribution is 2.32. The number of carbonyl (C=O) groups is 2. The molecule has 0 saturated heterocycles. The van der Waals surface area contributed by atoms with Crippen LogP contribution in [-0.2, 0) is 24.0 Å². The molecule has 1 N–H and O–H groups in total. The third-order valence-electron chi connectivity index (χ3n) is 3.51. The van der Waals surface area contributed by atoms with Gasteiger partial charge in [0.15, 0.2) is 5.78 Å². The lowest BCUT2D eigenvalue weighted by Gasteiger charge is -2.14. The van der Waals surface area contributed by atoms with E-state index in [-0.39, 0.29) is 41.3 Å². The molecule has 0 aliphatic rings. The van der Waals surface area contributed by atoms with E-state index < -0.39 is 17.7 Å². The van der Waals surface area contributed by atoms with E-state index in [1.807, 2.05) is 0 Å². The number of ether oxygens (including phenoxy) is 1. The van der Waals surface area contributed by atoms with Gasteiger partial charge < -0.3 is 9.84 Å². The maximum Gasteiger partial charge on any atom is 0.416 e. The summed E-state index contributed by atoms with van der Waals surface area (Å²) in [5.74, 6) is -1.23. The second kappa shape index (κ2) is 7.38. The van der Waals surface area contributed by atoms with Crippen LogP contribution < -0.4 is 4.74 Å². The Morgan fingerprint density at radius 1 is 1.08 bits per heavy atom. The predicted octanol–water partition coefficient (Wildman–Crippen LogP) is 4.11. The molecule has 132 valence electrons. The molecule has 2 rings (SSSR count). The zero-order valence-electron chi connectivity index (χ0n) is 13.3. The van der Waals surface area contributed by atoms with Gasteiger partial charge in [0.25, 0.3) is 0 Å². The van der Waals surface area contributed by atoms with Crippen LogP contribution in [0, 0.1) is 0 Å².